The van der Waals surface area contributed by atoms with E-state index in [1.54, 1.807) is 12.4 Å². The molecule has 0 bridgehead atoms. The molecule has 1 unspecified atom stereocenters. The molecule has 0 aliphatic rings. The lowest BCUT2D eigenvalue weighted by Crippen LogP contribution is -2.23. The molecule has 0 saturated carbocycles. The van der Waals surface area contributed by atoms with Crippen LogP contribution in [-0.4, -0.2) is 39.2 Å². The summed E-state index contributed by atoms with van der Waals surface area (Å²) in [6, 6.07) is 10.0. The van der Waals surface area contributed by atoms with E-state index in [-0.39, 0.29) is 17.6 Å². The summed E-state index contributed by atoms with van der Waals surface area (Å²) in [6.45, 7) is 0.705. The van der Waals surface area contributed by atoms with Gasteiger partial charge >= 0.3 is 0 Å². The average Bonchev–Trinajstić information content (AvgIpc) is 3.08. The number of benzene rings is 1. The van der Waals surface area contributed by atoms with Gasteiger partial charge < -0.3 is 16.4 Å². The number of likely N-dealkylation sites (N-methyl/N-ethyl adjacent to an activating group) is 1. The molecule has 3 aromatic rings. The zero-order chi connectivity index (χ0) is 17.6. The van der Waals surface area contributed by atoms with Crippen LogP contribution < -0.4 is 16.4 Å². The minimum atomic E-state index is -0.421. The van der Waals surface area contributed by atoms with E-state index in [2.05, 4.69) is 25.7 Å². The Labute approximate surface area is 145 Å². The van der Waals surface area contributed by atoms with Crippen LogP contribution >= 0.6 is 0 Å². The predicted octanol–water partition coefficient (Wildman–Crippen LogP) is 1.32. The van der Waals surface area contributed by atoms with Crippen molar-refractivity contribution in [2.24, 2.45) is 0 Å². The third-order valence-electron chi connectivity index (χ3n) is 3.70. The summed E-state index contributed by atoms with van der Waals surface area (Å²) in [4.78, 5) is 20.1. The van der Waals surface area contributed by atoms with Crippen LogP contribution in [0.5, 0.6) is 0 Å². The third kappa shape index (κ3) is 3.81. The fourth-order valence-electron chi connectivity index (χ4n) is 2.52. The molecule has 0 aliphatic carbocycles. The van der Waals surface area contributed by atoms with Gasteiger partial charge in [-0.1, -0.05) is 30.3 Å². The van der Waals surface area contributed by atoms with Crippen molar-refractivity contribution in [2.45, 2.75) is 6.04 Å². The van der Waals surface area contributed by atoms with Crippen molar-refractivity contribution >= 4 is 17.4 Å². The summed E-state index contributed by atoms with van der Waals surface area (Å²) >= 11 is 0. The predicted molar refractivity (Wildman–Crippen MR) is 95.1 cm³/mol. The number of nitrogens with one attached hydrogen (secondary N) is 2. The molecule has 0 fully saturated rings. The largest absolute Gasteiger partial charge is 0.382 e. The number of nitrogens with zero attached hydrogens (tertiary/aromatic N) is 4. The molecule has 4 N–H and O–H groups in total. The summed E-state index contributed by atoms with van der Waals surface area (Å²) in [6.07, 6.45) is 6.23. The maximum absolute atomic E-state index is 12.3. The molecule has 8 nitrogen and oxygen atoms in total. The third-order valence-corrected chi connectivity index (χ3v) is 3.70. The van der Waals surface area contributed by atoms with Crippen LogP contribution in [0, 0.1) is 0 Å². The van der Waals surface area contributed by atoms with Gasteiger partial charge in [-0.05, 0) is 12.6 Å². The quantitative estimate of drug-likeness (QED) is 0.625. The minimum Gasteiger partial charge on any atom is -0.382 e. The van der Waals surface area contributed by atoms with E-state index >= 15 is 0 Å². The summed E-state index contributed by atoms with van der Waals surface area (Å²) in [5, 5.41) is 10.3. The van der Waals surface area contributed by atoms with E-state index in [4.69, 9.17) is 5.73 Å². The molecule has 0 aliphatic heterocycles. The Hall–Kier alpha value is -3.26. The number of anilines is 2. The number of carbonyl (C=O) groups is 1. The first-order valence-electron chi connectivity index (χ1n) is 7.80. The van der Waals surface area contributed by atoms with E-state index in [1.807, 2.05) is 42.1 Å². The second-order valence-corrected chi connectivity index (χ2v) is 5.44. The molecule has 8 heteroatoms. The van der Waals surface area contributed by atoms with E-state index in [0.29, 0.717) is 12.2 Å². The number of aromatic nitrogens is 4. The number of nitrogen functional groups attached to an aromatic ring is 1. The van der Waals surface area contributed by atoms with Gasteiger partial charge in [-0.3, -0.25) is 9.48 Å². The van der Waals surface area contributed by atoms with E-state index in [0.717, 1.165) is 5.56 Å². The van der Waals surface area contributed by atoms with Gasteiger partial charge in [-0.15, -0.1) is 0 Å². The Morgan fingerprint density at radius 3 is 2.72 bits per heavy atom. The van der Waals surface area contributed by atoms with Gasteiger partial charge in [-0.25, -0.2) is 9.97 Å². The van der Waals surface area contributed by atoms with Gasteiger partial charge in [0.15, 0.2) is 11.5 Å². The molecule has 25 heavy (non-hydrogen) atoms. The molecule has 1 aromatic carbocycles. The van der Waals surface area contributed by atoms with Crippen LogP contribution in [0.2, 0.25) is 0 Å². The number of amides is 1. The minimum absolute atomic E-state index is 0.0124. The van der Waals surface area contributed by atoms with Crippen LogP contribution in [0.15, 0.2) is 55.1 Å². The molecular formula is C17H19N7O. The molecule has 1 amide bonds. The van der Waals surface area contributed by atoms with Crippen LogP contribution in [-0.2, 0) is 0 Å². The summed E-state index contributed by atoms with van der Waals surface area (Å²) < 4.78 is 1.81. The van der Waals surface area contributed by atoms with Crippen molar-refractivity contribution in [3.8, 4) is 0 Å². The molecule has 128 valence electrons. The first-order valence-corrected chi connectivity index (χ1v) is 7.80. The van der Waals surface area contributed by atoms with Gasteiger partial charge in [0.1, 0.15) is 0 Å². The van der Waals surface area contributed by atoms with Crippen LogP contribution in [0.4, 0.5) is 11.5 Å². The Kier molecular flexibility index (Phi) is 5.00. The van der Waals surface area contributed by atoms with Crippen molar-refractivity contribution < 1.29 is 4.79 Å². The zero-order valence-corrected chi connectivity index (χ0v) is 13.8. The highest BCUT2D eigenvalue weighted by Crippen LogP contribution is 2.19. The number of hydrogen-bond donors (Lipinski definition) is 3. The van der Waals surface area contributed by atoms with E-state index in [1.165, 1.54) is 12.4 Å². The molecule has 0 spiro atoms. The second-order valence-electron chi connectivity index (χ2n) is 5.44. The molecule has 0 radical (unpaired) electrons. The Morgan fingerprint density at radius 2 is 2.00 bits per heavy atom. The maximum Gasteiger partial charge on any atom is 0.278 e. The number of rotatable bonds is 6. The Morgan fingerprint density at radius 1 is 1.24 bits per heavy atom. The lowest BCUT2D eigenvalue weighted by Gasteiger charge is -2.17. The topological polar surface area (TPSA) is 111 Å². The fourth-order valence-corrected chi connectivity index (χ4v) is 2.52. The smallest absolute Gasteiger partial charge is 0.278 e. The van der Waals surface area contributed by atoms with Crippen LogP contribution in [0.25, 0.3) is 0 Å². The monoisotopic (exact) mass is 337 g/mol. The van der Waals surface area contributed by atoms with Crippen molar-refractivity contribution in [3.05, 3.63) is 66.4 Å². The summed E-state index contributed by atoms with van der Waals surface area (Å²) in [5.74, 6) is -0.334. The van der Waals surface area contributed by atoms with Crippen molar-refractivity contribution in [2.75, 3.05) is 24.6 Å². The van der Waals surface area contributed by atoms with Gasteiger partial charge in [-0.2, -0.15) is 5.10 Å². The molecule has 1 atom stereocenters. The van der Waals surface area contributed by atoms with Gasteiger partial charge in [0.2, 0.25) is 0 Å². The van der Waals surface area contributed by atoms with E-state index < -0.39 is 5.91 Å². The molecule has 2 aromatic heterocycles. The Bertz CT molecular complexity index is 847. The van der Waals surface area contributed by atoms with Crippen molar-refractivity contribution in [1.82, 2.24) is 25.1 Å². The van der Waals surface area contributed by atoms with Crippen LogP contribution in [0.1, 0.15) is 22.1 Å². The summed E-state index contributed by atoms with van der Waals surface area (Å²) in [5.41, 5.74) is 7.45. The summed E-state index contributed by atoms with van der Waals surface area (Å²) in [7, 11) is 1.89. The lowest BCUT2D eigenvalue weighted by molar-refractivity contribution is 0.102. The van der Waals surface area contributed by atoms with Gasteiger partial charge in [0.05, 0.1) is 17.9 Å². The zero-order valence-electron chi connectivity index (χ0n) is 13.8. The van der Waals surface area contributed by atoms with Gasteiger partial charge in [0.25, 0.3) is 5.91 Å². The molecule has 3 rings (SSSR count). The van der Waals surface area contributed by atoms with Crippen molar-refractivity contribution in [1.29, 1.82) is 0 Å². The highest BCUT2D eigenvalue weighted by Gasteiger charge is 2.16. The van der Waals surface area contributed by atoms with Crippen LogP contribution in [0.3, 0.4) is 0 Å². The molecular weight excluding hydrogens is 318 g/mol. The lowest BCUT2D eigenvalue weighted by atomic mass is 10.1. The Balaban J connectivity index is 1.79. The van der Waals surface area contributed by atoms with Crippen molar-refractivity contribution in [3.63, 3.8) is 0 Å². The first kappa shape index (κ1) is 16.6. The second kappa shape index (κ2) is 7.54. The number of hydrogen-bond acceptors (Lipinski definition) is 6. The number of nitrogens with two attached hydrogens (primary N) is 1. The molecule has 0 saturated heterocycles. The van der Waals surface area contributed by atoms with Gasteiger partial charge in [0, 0.05) is 25.1 Å². The van der Waals surface area contributed by atoms with E-state index in [9.17, 15) is 4.79 Å². The normalized spacial score (nSPS) is 11.9. The number of carbonyl (C=O) groups excluding carboxylic acids is 1. The standard InChI is InChI=1S/C17H19N7O/c1-19-10-14(12-5-3-2-4-6-12)24-11-13(9-22-24)23-17(25)15-16(18)21-8-7-20-15/h2-9,11,14,19H,10H2,1H3,(H2,18,21)(H,23,25). The maximum atomic E-state index is 12.3. The highest BCUT2D eigenvalue weighted by molar-refractivity contribution is 6.05. The fraction of sp³-hybridized carbons (Fsp3) is 0.176. The molecule has 2 heterocycles. The first-order chi connectivity index (χ1) is 12.2. The SMILES string of the molecule is CNCC(c1ccccc1)n1cc(NC(=O)c2nccnc2N)cn1. The highest BCUT2D eigenvalue weighted by atomic mass is 16.1. The average molecular weight is 337 g/mol.